The number of hydrogen-bond donors (Lipinski definition) is 1. The van der Waals surface area contributed by atoms with Gasteiger partial charge < -0.3 is 9.84 Å². The van der Waals surface area contributed by atoms with Crippen molar-refractivity contribution in [1.29, 1.82) is 0 Å². The number of rotatable bonds is 2. The third-order valence-electron chi connectivity index (χ3n) is 3.32. The number of aliphatic carboxylic acids is 1. The number of carbonyl (C=O) groups excluding carboxylic acids is 1. The molecule has 1 aliphatic rings. The minimum atomic E-state index is -1.23. The number of hydrogen-bond acceptors (Lipinski definition) is 3. The maximum absolute atomic E-state index is 11.9. The summed E-state index contributed by atoms with van der Waals surface area (Å²) in [6.07, 6.45) is 1.04. The maximum Gasteiger partial charge on any atom is 0.371 e. The highest BCUT2D eigenvalue weighted by atomic mass is 16.5. The summed E-state index contributed by atoms with van der Waals surface area (Å²) in [5.74, 6) is -1.88. The van der Waals surface area contributed by atoms with Crippen LogP contribution < -0.4 is 0 Å². The predicted molar refractivity (Wildman–Crippen MR) is 65.1 cm³/mol. The summed E-state index contributed by atoms with van der Waals surface area (Å²) in [4.78, 5) is 22.8. The van der Waals surface area contributed by atoms with Crippen LogP contribution in [0.4, 0.5) is 0 Å². The summed E-state index contributed by atoms with van der Waals surface area (Å²) in [6.45, 7) is 5.50. The first kappa shape index (κ1) is 12.4. The second-order valence-electron chi connectivity index (χ2n) is 4.61. The zero-order valence-corrected chi connectivity index (χ0v) is 10.5. The molecule has 0 spiro atoms. The molecule has 2 rings (SSSR count). The molecule has 1 aromatic carbocycles. The summed E-state index contributed by atoms with van der Waals surface area (Å²) in [5, 5.41) is 8.86. The monoisotopic (exact) mass is 246 g/mol. The molecule has 18 heavy (non-hydrogen) atoms. The van der Waals surface area contributed by atoms with Gasteiger partial charge in [-0.2, -0.15) is 0 Å². The SMILES string of the molecule is Cc1ccc(C2(C)OC(C(=O)O)=CC2=O)cc1C. The summed E-state index contributed by atoms with van der Waals surface area (Å²) >= 11 is 0. The van der Waals surface area contributed by atoms with E-state index in [0.717, 1.165) is 17.2 Å². The van der Waals surface area contributed by atoms with Crippen molar-refractivity contribution in [3.63, 3.8) is 0 Å². The standard InChI is InChI=1S/C14H14O4/c1-8-4-5-10(6-9(8)2)14(3)12(15)7-11(18-14)13(16)17/h4-7H,1-3H3,(H,16,17). The third kappa shape index (κ3) is 1.79. The summed E-state index contributed by atoms with van der Waals surface area (Å²) in [6, 6.07) is 5.54. The average Bonchev–Trinajstić information content (AvgIpc) is 2.61. The van der Waals surface area contributed by atoms with Gasteiger partial charge in [-0.3, -0.25) is 4.79 Å². The van der Waals surface area contributed by atoms with Gasteiger partial charge in [-0.05, 0) is 31.9 Å². The molecule has 0 aliphatic carbocycles. The number of carboxylic acids is 1. The fourth-order valence-electron chi connectivity index (χ4n) is 1.90. The quantitative estimate of drug-likeness (QED) is 0.867. The minimum absolute atomic E-state index is 0.305. The molecule has 0 radical (unpaired) electrons. The van der Waals surface area contributed by atoms with Crippen molar-refractivity contribution in [2.75, 3.05) is 0 Å². The smallest absolute Gasteiger partial charge is 0.371 e. The van der Waals surface area contributed by atoms with Crippen molar-refractivity contribution in [2.24, 2.45) is 0 Å². The Morgan fingerprint density at radius 2 is 1.94 bits per heavy atom. The Morgan fingerprint density at radius 1 is 1.28 bits per heavy atom. The number of carboxylic acid groups (broad SMARTS) is 1. The van der Waals surface area contributed by atoms with Crippen LogP contribution in [0.5, 0.6) is 0 Å². The molecule has 0 saturated heterocycles. The third-order valence-corrected chi connectivity index (χ3v) is 3.32. The highest BCUT2D eigenvalue weighted by Crippen LogP contribution is 2.35. The Balaban J connectivity index is 2.42. The van der Waals surface area contributed by atoms with Crippen molar-refractivity contribution in [3.05, 3.63) is 46.7 Å². The van der Waals surface area contributed by atoms with Crippen molar-refractivity contribution < 1.29 is 19.4 Å². The molecule has 4 heteroatoms. The summed E-state index contributed by atoms with van der Waals surface area (Å²) < 4.78 is 5.32. The first-order valence-corrected chi connectivity index (χ1v) is 5.61. The van der Waals surface area contributed by atoms with Crippen LogP contribution in [0.2, 0.25) is 0 Å². The van der Waals surface area contributed by atoms with E-state index in [1.807, 2.05) is 26.0 Å². The molecule has 94 valence electrons. The Hall–Kier alpha value is -2.10. The fourth-order valence-corrected chi connectivity index (χ4v) is 1.90. The number of ketones is 1. The fraction of sp³-hybridized carbons (Fsp3) is 0.286. The van der Waals surface area contributed by atoms with E-state index in [0.29, 0.717) is 5.56 Å². The second kappa shape index (κ2) is 3.98. The molecule has 4 nitrogen and oxygen atoms in total. The first-order chi connectivity index (χ1) is 8.34. The lowest BCUT2D eigenvalue weighted by Crippen LogP contribution is -2.30. The highest BCUT2D eigenvalue weighted by molar-refractivity contribution is 6.05. The van der Waals surface area contributed by atoms with Crippen LogP contribution >= 0.6 is 0 Å². The molecule has 0 saturated carbocycles. The van der Waals surface area contributed by atoms with Crippen LogP contribution in [0, 0.1) is 13.8 Å². The largest absolute Gasteiger partial charge is 0.475 e. The van der Waals surface area contributed by atoms with Gasteiger partial charge in [0.1, 0.15) is 0 Å². The predicted octanol–water partition coefficient (Wildman–Crippen LogP) is 2.09. The topological polar surface area (TPSA) is 63.6 Å². The number of ether oxygens (including phenoxy) is 1. The number of carbonyl (C=O) groups is 2. The molecular formula is C14H14O4. The molecule has 0 aromatic heterocycles. The molecule has 1 unspecified atom stereocenters. The van der Waals surface area contributed by atoms with E-state index in [1.165, 1.54) is 0 Å². The van der Waals surface area contributed by atoms with Gasteiger partial charge in [0.2, 0.25) is 11.5 Å². The normalized spacial score (nSPS) is 22.6. The summed E-state index contributed by atoms with van der Waals surface area (Å²) in [7, 11) is 0. The van der Waals surface area contributed by atoms with Crippen LogP contribution in [-0.4, -0.2) is 16.9 Å². The highest BCUT2D eigenvalue weighted by Gasteiger charge is 2.43. The van der Waals surface area contributed by atoms with E-state index in [-0.39, 0.29) is 11.5 Å². The molecule has 1 aromatic rings. The molecule has 0 amide bonds. The van der Waals surface area contributed by atoms with Crippen LogP contribution in [0.1, 0.15) is 23.6 Å². The first-order valence-electron chi connectivity index (χ1n) is 5.61. The minimum Gasteiger partial charge on any atom is -0.475 e. The van der Waals surface area contributed by atoms with E-state index in [4.69, 9.17) is 9.84 Å². The van der Waals surface area contributed by atoms with Crippen LogP contribution in [0.25, 0.3) is 0 Å². The van der Waals surface area contributed by atoms with E-state index in [9.17, 15) is 9.59 Å². The van der Waals surface area contributed by atoms with Crippen molar-refractivity contribution in [2.45, 2.75) is 26.4 Å². The van der Waals surface area contributed by atoms with Gasteiger partial charge in [0.15, 0.2) is 5.60 Å². The Morgan fingerprint density at radius 3 is 2.44 bits per heavy atom. The van der Waals surface area contributed by atoms with Gasteiger partial charge in [0.25, 0.3) is 0 Å². The summed E-state index contributed by atoms with van der Waals surface area (Å²) in [5.41, 5.74) is 1.59. The molecule has 1 N–H and O–H groups in total. The van der Waals surface area contributed by atoms with Gasteiger partial charge in [0, 0.05) is 11.6 Å². The van der Waals surface area contributed by atoms with Crippen LogP contribution in [-0.2, 0) is 19.9 Å². The lowest BCUT2D eigenvalue weighted by molar-refractivity contribution is -0.141. The number of aryl methyl sites for hydroxylation is 2. The zero-order valence-electron chi connectivity index (χ0n) is 10.5. The Kier molecular flexibility index (Phi) is 2.73. The van der Waals surface area contributed by atoms with Gasteiger partial charge >= 0.3 is 5.97 Å². The lowest BCUT2D eigenvalue weighted by atomic mass is 9.90. The molecular weight excluding hydrogens is 232 g/mol. The van der Waals surface area contributed by atoms with Crippen LogP contribution in [0.15, 0.2) is 30.0 Å². The van der Waals surface area contributed by atoms with Gasteiger partial charge in [-0.15, -0.1) is 0 Å². The van der Waals surface area contributed by atoms with Gasteiger partial charge in [0.05, 0.1) is 0 Å². The maximum atomic E-state index is 11.9. The van der Waals surface area contributed by atoms with Gasteiger partial charge in [-0.25, -0.2) is 4.79 Å². The van der Waals surface area contributed by atoms with Crippen LogP contribution in [0.3, 0.4) is 0 Å². The Labute approximate surface area is 105 Å². The molecule has 0 fully saturated rings. The van der Waals surface area contributed by atoms with Crippen molar-refractivity contribution >= 4 is 11.8 Å². The van der Waals surface area contributed by atoms with Crippen molar-refractivity contribution in [1.82, 2.24) is 0 Å². The van der Waals surface area contributed by atoms with E-state index in [2.05, 4.69) is 0 Å². The molecule has 0 bridgehead atoms. The number of benzene rings is 1. The van der Waals surface area contributed by atoms with Gasteiger partial charge in [-0.1, -0.05) is 18.2 Å². The Bertz CT molecular complexity index is 571. The lowest BCUT2D eigenvalue weighted by Gasteiger charge is -2.24. The average molecular weight is 246 g/mol. The van der Waals surface area contributed by atoms with E-state index >= 15 is 0 Å². The second-order valence-corrected chi connectivity index (χ2v) is 4.61. The zero-order chi connectivity index (χ0) is 13.5. The van der Waals surface area contributed by atoms with E-state index in [1.54, 1.807) is 13.0 Å². The molecule has 1 heterocycles. The van der Waals surface area contributed by atoms with E-state index < -0.39 is 11.6 Å². The van der Waals surface area contributed by atoms with Crippen molar-refractivity contribution in [3.8, 4) is 0 Å². The molecule has 1 aliphatic heterocycles. The molecule has 1 atom stereocenters.